The molecule has 118 valence electrons. The molecule has 1 unspecified atom stereocenters. The Kier molecular flexibility index (Phi) is 5.03. The number of urea groups is 1. The average molecular weight is 297 g/mol. The topological polar surface area (TPSA) is 104 Å². The van der Waals surface area contributed by atoms with Crippen LogP contribution in [0.2, 0.25) is 0 Å². The van der Waals surface area contributed by atoms with Crippen LogP contribution in [0.3, 0.4) is 0 Å². The van der Waals surface area contributed by atoms with E-state index in [0.717, 1.165) is 19.3 Å². The summed E-state index contributed by atoms with van der Waals surface area (Å²) >= 11 is 0. The maximum atomic E-state index is 12.6. The lowest BCUT2D eigenvalue weighted by Crippen LogP contribution is -2.53. The van der Waals surface area contributed by atoms with E-state index in [1.807, 2.05) is 0 Å². The molecule has 7 nitrogen and oxygen atoms in total. The smallest absolute Gasteiger partial charge is 0.326 e. The van der Waals surface area contributed by atoms with Crippen molar-refractivity contribution in [1.29, 1.82) is 0 Å². The van der Waals surface area contributed by atoms with Gasteiger partial charge in [0.2, 0.25) is 5.91 Å². The summed E-state index contributed by atoms with van der Waals surface area (Å²) in [5.41, 5.74) is 5.28. The number of aliphatic carboxylic acids is 1. The van der Waals surface area contributed by atoms with Crippen LogP contribution in [-0.2, 0) is 9.59 Å². The number of carbonyl (C=O) groups is 3. The molecule has 21 heavy (non-hydrogen) atoms. The molecular weight excluding hydrogens is 274 g/mol. The number of hydrogen-bond donors (Lipinski definition) is 2. The van der Waals surface area contributed by atoms with Gasteiger partial charge in [-0.1, -0.05) is 12.8 Å². The van der Waals surface area contributed by atoms with E-state index < -0.39 is 12.0 Å². The zero-order valence-electron chi connectivity index (χ0n) is 12.2. The zero-order chi connectivity index (χ0) is 15.4. The normalized spacial score (nSPS) is 24.5. The lowest BCUT2D eigenvalue weighted by atomic mass is 9.96. The quantitative estimate of drug-likeness (QED) is 0.780. The van der Waals surface area contributed by atoms with Gasteiger partial charge >= 0.3 is 12.0 Å². The molecule has 1 atom stereocenters. The molecule has 2 aliphatic rings. The molecule has 0 spiro atoms. The fourth-order valence-corrected chi connectivity index (χ4v) is 3.13. The molecule has 0 aliphatic carbocycles. The van der Waals surface area contributed by atoms with E-state index in [4.69, 9.17) is 5.73 Å². The lowest BCUT2D eigenvalue weighted by molar-refractivity contribution is -0.142. The predicted octanol–water partition coefficient (Wildman–Crippen LogP) is 0.633. The molecule has 2 saturated heterocycles. The van der Waals surface area contributed by atoms with Crippen molar-refractivity contribution in [1.82, 2.24) is 9.80 Å². The van der Waals surface area contributed by atoms with Crippen molar-refractivity contribution in [3.05, 3.63) is 0 Å². The second-order valence-corrected chi connectivity index (χ2v) is 5.84. The second-order valence-electron chi connectivity index (χ2n) is 5.84. The van der Waals surface area contributed by atoms with Crippen molar-refractivity contribution in [3.63, 3.8) is 0 Å². The third kappa shape index (κ3) is 3.65. The highest BCUT2D eigenvalue weighted by molar-refractivity contribution is 5.83. The van der Waals surface area contributed by atoms with E-state index in [-0.39, 0.29) is 17.9 Å². The third-order valence-corrected chi connectivity index (χ3v) is 4.45. The minimum absolute atomic E-state index is 0.173. The number of likely N-dealkylation sites (tertiary alicyclic amines) is 2. The molecule has 2 aliphatic heterocycles. The highest BCUT2D eigenvalue weighted by atomic mass is 16.4. The Balaban J connectivity index is 2.00. The van der Waals surface area contributed by atoms with Gasteiger partial charge in [-0.05, 0) is 25.7 Å². The Labute approximate surface area is 124 Å². The monoisotopic (exact) mass is 297 g/mol. The number of piperidine rings is 1. The van der Waals surface area contributed by atoms with E-state index in [1.54, 1.807) is 4.90 Å². The number of carboxylic acids is 1. The van der Waals surface area contributed by atoms with Crippen molar-refractivity contribution >= 4 is 17.9 Å². The van der Waals surface area contributed by atoms with Crippen molar-refractivity contribution in [3.8, 4) is 0 Å². The summed E-state index contributed by atoms with van der Waals surface area (Å²) in [5, 5.41) is 9.32. The second kappa shape index (κ2) is 6.78. The number of carbonyl (C=O) groups excluding carboxylic acids is 2. The minimum Gasteiger partial charge on any atom is -0.480 e. The minimum atomic E-state index is -0.933. The molecule has 3 N–H and O–H groups in total. The van der Waals surface area contributed by atoms with E-state index in [0.29, 0.717) is 38.9 Å². The molecule has 0 radical (unpaired) electrons. The summed E-state index contributed by atoms with van der Waals surface area (Å²) in [6.07, 6.45) is 4.27. The first-order chi connectivity index (χ1) is 10.0. The van der Waals surface area contributed by atoms with Gasteiger partial charge in [-0.3, -0.25) is 4.79 Å². The largest absolute Gasteiger partial charge is 0.480 e. The number of nitrogens with two attached hydrogens (primary N) is 1. The van der Waals surface area contributed by atoms with E-state index in [1.165, 1.54) is 4.90 Å². The van der Waals surface area contributed by atoms with Crippen LogP contribution in [0, 0.1) is 5.92 Å². The molecule has 0 saturated carbocycles. The highest BCUT2D eigenvalue weighted by Crippen LogP contribution is 2.22. The van der Waals surface area contributed by atoms with Gasteiger partial charge in [0.25, 0.3) is 0 Å². The fourth-order valence-electron chi connectivity index (χ4n) is 3.13. The number of hydrogen-bond acceptors (Lipinski definition) is 3. The van der Waals surface area contributed by atoms with Crippen LogP contribution in [0.25, 0.3) is 0 Å². The Bertz CT molecular complexity index is 418. The number of carboxylic acid groups (broad SMARTS) is 1. The Morgan fingerprint density at radius 1 is 0.952 bits per heavy atom. The molecular formula is C14H23N3O4. The first-order valence-electron chi connectivity index (χ1n) is 7.58. The molecule has 0 bridgehead atoms. The van der Waals surface area contributed by atoms with Crippen LogP contribution in [0.4, 0.5) is 4.79 Å². The molecule has 0 aromatic rings. The maximum absolute atomic E-state index is 12.6. The van der Waals surface area contributed by atoms with Gasteiger partial charge in [-0.25, -0.2) is 9.59 Å². The lowest BCUT2D eigenvalue weighted by Gasteiger charge is -2.36. The van der Waals surface area contributed by atoms with Crippen LogP contribution in [0.1, 0.15) is 38.5 Å². The summed E-state index contributed by atoms with van der Waals surface area (Å²) in [6, 6.07) is -0.943. The molecule has 2 heterocycles. The Morgan fingerprint density at radius 2 is 1.62 bits per heavy atom. The van der Waals surface area contributed by atoms with Gasteiger partial charge in [0.05, 0.1) is 0 Å². The van der Waals surface area contributed by atoms with E-state index >= 15 is 0 Å². The number of primary amides is 1. The van der Waals surface area contributed by atoms with Crippen LogP contribution in [0.15, 0.2) is 0 Å². The fraction of sp³-hybridized carbons (Fsp3) is 0.786. The summed E-state index contributed by atoms with van der Waals surface area (Å²) in [5.74, 6) is -1.42. The number of rotatable bonds is 2. The van der Waals surface area contributed by atoms with Crippen LogP contribution >= 0.6 is 0 Å². The molecule has 7 heteroatoms. The first kappa shape index (κ1) is 15.6. The Hall–Kier alpha value is -1.79. The standard InChI is InChI=1S/C14H23N3O4/c15-12(18)10-5-8-16(9-6-10)14(21)17-7-3-1-2-4-11(17)13(19)20/h10-11H,1-9H2,(H2,15,18)(H,19,20). The van der Waals surface area contributed by atoms with Crippen molar-refractivity contribution in [2.24, 2.45) is 11.7 Å². The van der Waals surface area contributed by atoms with Crippen molar-refractivity contribution in [2.45, 2.75) is 44.6 Å². The van der Waals surface area contributed by atoms with E-state index in [9.17, 15) is 19.5 Å². The van der Waals surface area contributed by atoms with Gasteiger partial charge in [-0.15, -0.1) is 0 Å². The van der Waals surface area contributed by atoms with Crippen LogP contribution < -0.4 is 5.73 Å². The van der Waals surface area contributed by atoms with Crippen molar-refractivity contribution < 1.29 is 19.5 Å². The van der Waals surface area contributed by atoms with Gasteiger partial charge < -0.3 is 20.6 Å². The number of nitrogens with zero attached hydrogens (tertiary/aromatic N) is 2. The summed E-state index contributed by atoms with van der Waals surface area (Å²) in [4.78, 5) is 38.2. The van der Waals surface area contributed by atoms with Crippen LogP contribution in [-0.4, -0.2) is 58.5 Å². The Morgan fingerprint density at radius 3 is 2.19 bits per heavy atom. The SMILES string of the molecule is NC(=O)C1CCN(C(=O)N2CCCCCC2C(=O)O)CC1. The molecule has 0 aromatic heterocycles. The summed E-state index contributed by atoms with van der Waals surface area (Å²) < 4.78 is 0. The highest BCUT2D eigenvalue weighted by Gasteiger charge is 2.35. The van der Waals surface area contributed by atoms with Crippen molar-refractivity contribution in [2.75, 3.05) is 19.6 Å². The third-order valence-electron chi connectivity index (χ3n) is 4.45. The summed E-state index contributed by atoms with van der Waals surface area (Å²) in [6.45, 7) is 1.43. The summed E-state index contributed by atoms with van der Waals surface area (Å²) in [7, 11) is 0. The van der Waals surface area contributed by atoms with Crippen LogP contribution in [0.5, 0.6) is 0 Å². The maximum Gasteiger partial charge on any atom is 0.326 e. The zero-order valence-corrected chi connectivity index (χ0v) is 12.2. The van der Waals surface area contributed by atoms with Gasteiger partial charge in [0.1, 0.15) is 6.04 Å². The molecule has 2 fully saturated rings. The van der Waals surface area contributed by atoms with Gasteiger partial charge in [-0.2, -0.15) is 0 Å². The van der Waals surface area contributed by atoms with Gasteiger partial charge in [0.15, 0.2) is 0 Å². The molecule has 0 aromatic carbocycles. The number of amides is 3. The van der Waals surface area contributed by atoms with E-state index in [2.05, 4.69) is 0 Å². The first-order valence-corrected chi connectivity index (χ1v) is 7.58. The molecule has 3 amide bonds. The van der Waals surface area contributed by atoms with Gasteiger partial charge in [0, 0.05) is 25.6 Å². The predicted molar refractivity (Wildman–Crippen MR) is 75.5 cm³/mol. The average Bonchev–Trinajstić information content (AvgIpc) is 2.72. The molecule has 2 rings (SSSR count).